The maximum Gasteiger partial charge on any atom is 0.185 e. The van der Waals surface area contributed by atoms with Crippen molar-refractivity contribution >= 4 is 17.1 Å². The number of piperidine rings is 1. The minimum absolute atomic E-state index is 0.0703. The van der Waals surface area contributed by atoms with Crippen molar-refractivity contribution in [2.45, 2.75) is 31.4 Å². The van der Waals surface area contributed by atoms with Crippen molar-refractivity contribution in [2.24, 2.45) is 5.10 Å². The van der Waals surface area contributed by atoms with Crippen molar-refractivity contribution in [3.05, 3.63) is 95.1 Å². The fourth-order valence-electron chi connectivity index (χ4n) is 4.66. The summed E-state index contributed by atoms with van der Waals surface area (Å²) in [5.74, 6) is -5.69. The Hall–Kier alpha value is -3.39. The fourth-order valence-corrected chi connectivity index (χ4v) is 4.66. The molecule has 1 N–H and O–H groups in total. The van der Waals surface area contributed by atoms with Crippen molar-refractivity contribution in [3.8, 4) is 0 Å². The number of hydrazone groups is 1. The fraction of sp³-hybridized carbons (Fsp3) is 0.269. The molecule has 1 atom stereocenters. The van der Waals surface area contributed by atoms with E-state index in [9.17, 15) is 5.11 Å². The third-order valence-corrected chi connectivity index (χ3v) is 6.43. The highest BCUT2D eigenvalue weighted by Gasteiger charge is 2.39. The number of aliphatic hydroxyl groups is 1. The zero-order valence-corrected chi connectivity index (χ0v) is 18.3. The van der Waals surface area contributed by atoms with Gasteiger partial charge in [-0.1, -0.05) is 48.5 Å². The highest BCUT2D eigenvalue weighted by Crippen LogP contribution is 2.42. The predicted molar refractivity (Wildman–Crippen MR) is 123 cm³/mol. The van der Waals surface area contributed by atoms with E-state index in [-0.39, 0.29) is 32.4 Å². The van der Waals surface area contributed by atoms with Crippen LogP contribution in [-0.4, -0.2) is 30.0 Å². The summed E-state index contributed by atoms with van der Waals surface area (Å²) < 4.78 is 61.4. The summed E-state index contributed by atoms with van der Waals surface area (Å²) in [5.41, 5.74) is 0.458. The van der Waals surface area contributed by atoms with Crippen LogP contribution in [-0.2, 0) is 0 Å². The number of benzene rings is 3. The Balaban J connectivity index is 1.59. The van der Waals surface area contributed by atoms with Gasteiger partial charge in [-0.15, -0.1) is 0 Å². The SMILES string of the molecule is OC1CCN(c2c(F)c(F)c(C3CC(c4ccccc4)=NN3c3ccccc3)c(F)c2F)CC1. The summed E-state index contributed by atoms with van der Waals surface area (Å²) in [4.78, 5) is 1.25. The number of halogens is 4. The number of hydrogen-bond acceptors (Lipinski definition) is 4. The van der Waals surface area contributed by atoms with E-state index in [1.807, 2.05) is 30.3 Å². The molecule has 1 unspecified atom stereocenters. The molecule has 2 aliphatic rings. The summed E-state index contributed by atoms with van der Waals surface area (Å²) in [6.45, 7) is 0.210. The first kappa shape index (κ1) is 22.4. The van der Waals surface area contributed by atoms with E-state index in [4.69, 9.17) is 0 Å². The van der Waals surface area contributed by atoms with E-state index in [1.165, 1.54) is 9.91 Å². The average Bonchev–Trinajstić information content (AvgIpc) is 3.30. The Bertz CT molecular complexity index is 1180. The van der Waals surface area contributed by atoms with Gasteiger partial charge in [0.05, 0.1) is 29.1 Å². The van der Waals surface area contributed by atoms with Crippen LogP contribution in [0.1, 0.15) is 36.4 Å². The second-order valence-electron chi connectivity index (χ2n) is 8.55. The van der Waals surface area contributed by atoms with Crippen LogP contribution in [0.2, 0.25) is 0 Å². The number of nitrogens with zero attached hydrogens (tertiary/aromatic N) is 3. The molecule has 0 radical (unpaired) electrons. The van der Waals surface area contributed by atoms with Gasteiger partial charge >= 0.3 is 0 Å². The van der Waals surface area contributed by atoms with E-state index < -0.39 is 46.7 Å². The molecule has 0 aliphatic carbocycles. The normalized spacial score (nSPS) is 19.0. The highest BCUT2D eigenvalue weighted by molar-refractivity contribution is 6.03. The Labute approximate surface area is 194 Å². The molecule has 3 aromatic rings. The minimum Gasteiger partial charge on any atom is -0.393 e. The van der Waals surface area contributed by atoms with Crippen LogP contribution >= 0.6 is 0 Å². The van der Waals surface area contributed by atoms with Crippen LogP contribution < -0.4 is 9.91 Å². The van der Waals surface area contributed by atoms with Crippen LogP contribution in [0.15, 0.2) is 65.8 Å². The molecule has 176 valence electrons. The Morgan fingerprint density at radius 2 is 1.32 bits per heavy atom. The lowest BCUT2D eigenvalue weighted by atomic mass is 9.96. The monoisotopic (exact) mass is 469 g/mol. The maximum atomic E-state index is 15.5. The molecule has 2 heterocycles. The van der Waals surface area contributed by atoms with Gasteiger partial charge in [0.2, 0.25) is 0 Å². The van der Waals surface area contributed by atoms with Gasteiger partial charge in [0, 0.05) is 19.5 Å². The third-order valence-electron chi connectivity index (χ3n) is 6.43. The van der Waals surface area contributed by atoms with Crippen molar-refractivity contribution in [1.82, 2.24) is 0 Å². The van der Waals surface area contributed by atoms with Crippen LogP contribution in [0.3, 0.4) is 0 Å². The van der Waals surface area contributed by atoms with E-state index in [1.54, 1.807) is 30.3 Å². The molecular formula is C26H23F4N3O. The third kappa shape index (κ3) is 3.92. The summed E-state index contributed by atoms with van der Waals surface area (Å²) in [5, 5.41) is 15.7. The first-order chi connectivity index (χ1) is 16.5. The minimum atomic E-state index is -1.42. The van der Waals surface area contributed by atoms with E-state index in [0.717, 1.165) is 5.56 Å². The predicted octanol–water partition coefficient (Wildman–Crippen LogP) is 5.56. The Morgan fingerprint density at radius 3 is 1.91 bits per heavy atom. The van der Waals surface area contributed by atoms with Crippen molar-refractivity contribution in [1.29, 1.82) is 0 Å². The van der Waals surface area contributed by atoms with E-state index in [0.29, 0.717) is 11.4 Å². The summed E-state index contributed by atoms with van der Waals surface area (Å²) in [7, 11) is 0. The Morgan fingerprint density at radius 1 is 0.765 bits per heavy atom. The van der Waals surface area contributed by atoms with Gasteiger partial charge in [-0.25, -0.2) is 17.6 Å². The van der Waals surface area contributed by atoms with Gasteiger partial charge in [0.1, 0.15) is 5.69 Å². The first-order valence-electron chi connectivity index (χ1n) is 11.2. The molecule has 1 saturated heterocycles. The molecule has 0 amide bonds. The molecule has 0 saturated carbocycles. The van der Waals surface area contributed by atoms with Crippen molar-refractivity contribution in [3.63, 3.8) is 0 Å². The van der Waals surface area contributed by atoms with Gasteiger partial charge in [-0.2, -0.15) is 5.10 Å². The Kier molecular flexibility index (Phi) is 6.00. The molecule has 3 aromatic carbocycles. The quantitative estimate of drug-likeness (QED) is 0.402. The van der Waals surface area contributed by atoms with Crippen molar-refractivity contribution < 1.29 is 22.7 Å². The summed E-state index contributed by atoms with van der Waals surface area (Å²) >= 11 is 0. The van der Waals surface area contributed by atoms with Crippen LogP contribution in [0.5, 0.6) is 0 Å². The van der Waals surface area contributed by atoms with Gasteiger partial charge < -0.3 is 10.0 Å². The number of hydrogen-bond donors (Lipinski definition) is 1. The summed E-state index contributed by atoms with van der Waals surface area (Å²) in [6, 6.07) is 16.8. The van der Waals surface area contributed by atoms with Crippen molar-refractivity contribution in [2.75, 3.05) is 23.0 Å². The lowest BCUT2D eigenvalue weighted by Gasteiger charge is -2.33. The number of aliphatic hydroxyl groups excluding tert-OH is 1. The van der Waals surface area contributed by atoms with Crippen LogP contribution in [0, 0.1) is 23.3 Å². The molecule has 8 heteroatoms. The van der Waals surface area contributed by atoms with Gasteiger partial charge in [-0.05, 0) is 30.5 Å². The molecule has 2 aliphatic heterocycles. The van der Waals surface area contributed by atoms with E-state index in [2.05, 4.69) is 5.10 Å². The average molecular weight is 469 g/mol. The lowest BCUT2D eigenvalue weighted by molar-refractivity contribution is 0.145. The molecular weight excluding hydrogens is 446 g/mol. The molecule has 0 aromatic heterocycles. The number of rotatable bonds is 4. The largest absolute Gasteiger partial charge is 0.393 e. The van der Waals surface area contributed by atoms with Crippen LogP contribution in [0.25, 0.3) is 0 Å². The van der Waals surface area contributed by atoms with E-state index >= 15 is 17.6 Å². The molecule has 34 heavy (non-hydrogen) atoms. The summed E-state index contributed by atoms with van der Waals surface area (Å²) in [6.07, 6.45) is 0.00855. The number of para-hydroxylation sites is 1. The van der Waals surface area contributed by atoms with Crippen LogP contribution in [0.4, 0.5) is 28.9 Å². The maximum absolute atomic E-state index is 15.5. The molecule has 0 bridgehead atoms. The smallest absolute Gasteiger partial charge is 0.185 e. The highest BCUT2D eigenvalue weighted by atomic mass is 19.2. The van der Waals surface area contributed by atoms with Gasteiger partial charge in [0.15, 0.2) is 23.3 Å². The van der Waals surface area contributed by atoms with Gasteiger partial charge in [0.25, 0.3) is 0 Å². The molecule has 1 fully saturated rings. The standard InChI is InChI=1S/C26H23F4N3O/c27-22-21(23(28)25(30)26(24(22)29)32-13-11-18(34)12-14-32)20-15-19(16-7-3-1-4-8-16)31-33(20)17-9-5-2-6-10-17/h1-10,18,20,34H,11-15H2. The van der Waals surface area contributed by atoms with Gasteiger partial charge in [-0.3, -0.25) is 5.01 Å². The lowest BCUT2D eigenvalue weighted by Crippen LogP contribution is -2.37. The number of anilines is 2. The zero-order chi connectivity index (χ0) is 23.8. The zero-order valence-electron chi connectivity index (χ0n) is 18.3. The molecule has 5 rings (SSSR count). The molecule has 4 nitrogen and oxygen atoms in total. The topological polar surface area (TPSA) is 39.1 Å². The first-order valence-corrected chi connectivity index (χ1v) is 11.2. The second-order valence-corrected chi connectivity index (χ2v) is 8.55. The molecule has 0 spiro atoms. The second kappa shape index (κ2) is 9.10.